The quantitative estimate of drug-likeness (QED) is 0.794. The van der Waals surface area contributed by atoms with Gasteiger partial charge in [-0.05, 0) is 44.2 Å². The number of amides is 1. The molecule has 1 amide bonds. The van der Waals surface area contributed by atoms with E-state index >= 15 is 0 Å². The number of nitrogens with two attached hydrogens (primary N) is 1. The van der Waals surface area contributed by atoms with E-state index in [0.29, 0.717) is 0 Å². The standard InChI is InChI=1S/C14H29N3O/c1-14(2,3)12(15)13(18)17-9-6-11(7-10-17)5-8-16-4/h11-12,16H,5-10,15H2,1-4H3/t12-/m1/s1. The maximum absolute atomic E-state index is 12.3. The van der Waals surface area contributed by atoms with Gasteiger partial charge in [-0.3, -0.25) is 4.79 Å². The van der Waals surface area contributed by atoms with Crippen molar-refractivity contribution in [3.05, 3.63) is 0 Å². The average molecular weight is 255 g/mol. The smallest absolute Gasteiger partial charge is 0.240 e. The Morgan fingerprint density at radius 2 is 1.94 bits per heavy atom. The molecule has 1 rings (SSSR count). The summed E-state index contributed by atoms with van der Waals surface area (Å²) in [4.78, 5) is 14.2. The molecule has 1 saturated heterocycles. The summed E-state index contributed by atoms with van der Waals surface area (Å²) in [6.07, 6.45) is 3.44. The average Bonchev–Trinajstić information content (AvgIpc) is 2.34. The van der Waals surface area contributed by atoms with Crippen molar-refractivity contribution in [3.8, 4) is 0 Å². The van der Waals surface area contributed by atoms with Crippen LogP contribution >= 0.6 is 0 Å². The molecule has 0 aromatic carbocycles. The van der Waals surface area contributed by atoms with E-state index in [9.17, 15) is 4.79 Å². The zero-order valence-corrected chi connectivity index (χ0v) is 12.3. The second-order valence-electron chi connectivity index (χ2n) is 6.50. The summed E-state index contributed by atoms with van der Waals surface area (Å²) in [5, 5.41) is 3.19. The summed E-state index contributed by atoms with van der Waals surface area (Å²) in [5.41, 5.74) is 5.89. The molecule has 1 fully saturated rings. The normalized spacial score (nSPS) is 19.9. The highest BCUT2D eigenvalue weighted by Crippen LogP contribution is 2.24. The topological polar surface area (TPSA) is 58.4 Å². The number of nitrogens with zero attached hydrogens (tertiary/aromatic N) is 1. The highest BCUT2D eigenvalue weighted by Gasteiger charge is 2.32. The lowest BCUT2D eigenvalue weighted by atomic mass is 9.85. The molecule has 0 saturated carbocycles. The van der Waals surface area contributed by atoms with Gasteiger partial charge in [-0.1, -0.05) is 20.8 Å². The van der Waals surface area contributed by atoms with Crippen LogP contribution in [0, 0.1) is 11.3 Å². The highest BCUT2D eigenvalue weighted by atomic mass is 16.2. The Kier molecular flexibility index (Phi) is 5.60. The Hall–Kier alpha value is -0.610. The fourth-order valence-electron chi connectivity index (χ4n) is 2.36. The number of nitrogens with one attached hydrogen (secondary N) is 1. The van der Waals surface area contributed by atoms with Gasteiger partial charge in [0.2, 0.25) is 5.91 Å². The Bertz CT molecular complexity index is 265. The Labute approximate surface area is 111 Å². The molecule has 0 spiro atoms. The van der Waals surface area contributed by atoms with E-state index in [0.717, 1.165) is 38.4 Å². The van der Waals surface area contributed by atoms with Crippen LogP contribution < -0.4 is 11.1 Å². The number of piperidine rings is 1. The fourth-order valence-corrected chi connectivity index (χ4v) is 2.36. The lowest BCUT2D eigenvalue weighted by molar-refractivity contribution is -0.136. The lowest BCUT2D eigenvalue weighted by Gasteiger charge is -2.36. The molecule has 0 bridgehead atoms. The predicted octanol–water partition coefficient (Wildman–Crippen LogP) is 1.21. The summed E-state index contributed by atoms with van der Waals surface area (Å²) in [6.45, 7) is 8.88. The molecule has 4 heteroatoms. The van der Waals surface area contributed by atoms with E-state index in [1.807, 2.05) is 32.7 Å². The molecule has 0 aromatic heterocycles. The molecule has 1 aliphatic rings. The van der Waals surface area contributed by atoms with E-state index in [4.69, 9.17) is 5.73 Å². The van der Waals surface area contributed by atoms with Gasteiger partial charge in [0.15, 0.2) is 0 Å². The van der Waals surface area contributed by atoms with Gasteiger partial charge in [-0.2, -0.15) is 0 Å². The second-order valence-corrected chi connectivity index (χ2v) is 6.50. The Balaban J connectivity index is 2.41. The van der Waals surface area contributed by atoms with Crippen LogP contribution in [-0.2, 0) is 4.79 Å². The van der Waals surface area contributed by atoms with Crippen molar-refractivity contribution >= 4 is 5.91 Å². The summed E-state index contributed by atoms with van der Waals surface area (Å²) in [6, 6.07) is -0.383. The number of likely N-dealkylation sites (tertiary alicyclic amines) is 1. The minimum absolute atomic E-state index is 0.120. The zero-order chi connectivity index (χ0) is 13.8. The Morgan fingerprint density at radius 3 is 2.39 bits per heavy atom. The Morgan fingerprint density at radius 1 is 1.39 bits per heavy atom. The lowest BCUT2D eigenvalue weighted by Crippen LogP contribution is -2.52. The first kappa shape index (κ1) is 15.4. The molecule has 106 valence electrons. The van der Waals surface area contributed by atoms with Crippen LogP contribution in [0.25, 0.3) is 0 Å². The third-order valence-corrected chi connectivity index (χ3v) is 3.93. The third kappa shape index (κ3) is 4.25. The van der Waals surface area contributed by atoms with Gasteiger partial charge in [0.05, 0.1) is 6.04 Å². The van der Waals surface area contributed by atoms with Crippen molar-refractivity contribution in [1.82, 2.24) is 10.2 Å². The first-order valence-electron chi connectivity index (χ1n) is 7.05. The molecular weight excluding hydrogens is 226 g/mol. The largest absolute Gasteiger partial charge is 0.341 e. The van der Waals surface area contributed by atoms with Crippen molar-refractivity contribution < 1.29 is 4.79 Å². The highest BCUT2D eigenvalue weighted by molar-refractivity contribution is 5.82. The van der Waals surface area contributed by atoms with E-state index in [2.05, 4.69) is 5.32 Å². The van der Waals surface area contributed by atoms with Crippen LogP contribution in [0.1, 0.15) is 40.0 Å². The maximum Gasteiger partial charge on any atom is 0.240 e. The van der Waals surface area contributed by atoms with Gasteiger partial charge in [-0.25, -0.2) is 0 Å². The molecule has 1 atom stereocenters. The molecule has 1 heterocycles. The summed E-state index contributed by atoms with van der Waals surface area (Å²) >= 11 is 0. The van der Waals surface area contributed by atoms with Gasteiger partial charge in [-0.15, -0.1) is 0 Å². The van der Waals surface area contributed by atoms with E-state index in [1.54, 1.807) is 0 Å². The van der Waals surface area contributed by atoms with Crippen LogP contribution in [-0.4, -0.2) is 43.5 Å². The van der Waals surface area contributed by atoms with E-state index < -0.39 is 0 Å². The minimum Gasteiger partial charge on any atom is -0.341 e. The summed E-state index contributed by atoms with van der Waals surface area (Å²) in [5.74, 6) is 0.877. The SMILES string of the molecule is CNCCC1CCN(C(=O)[C@@H](N)C(C)(C)C)CC1. The summed E-state index contributed by atoms with van der Waals surface area (Å²) in [7, 11) is 1.99. The monoisotopic (exact) mass is 255 g/mol. The van der Waals surface area contributed by atoms with E-state index in [1.165, 1.54) is 6.42 Å². The second kappa shape index (κ2) is 6.53. The van der Waals surface area contributed by atoms with Gasteiger partial charge < -0.3 is 16.0 Å². The number of rotatable bonds is 4. The van der Waals surface area contributed by atoms with Gasteiger partial charge in [0.25, 0.3) is 0 Å². The molecule has 3 N–H and O–H groups in total. The van der Waals surface area contributed by atoms with Crippen LogP contribution in [0.15, 0.2) is 0 Å². The number of hydrogen-bond donors (Lipinski definition) is 2. The third-order valence-electron chi connectivity index (χ3n) is 3.93. The van der Waals surface area contributed by atoms with E-state index in [-0.39, 0.29) is 17.4 Å². The molecule has 0 unspecified atom stereocenters. The van der Waals surface area contributed by atoms with Crippen LogP contribution in [0.5, 0.6) is 0 Å². The van der Waals surface area contributed by atoms with Crippen LogP contribution in [0.4, 0.5) is 0 Å². The molecule has 0 aromatic rings. The van der Waals surface area contributed by atoms with Crippen molar-refractivity contribution in [2.45, 2.75) is 46.1 Å². The van der Waals surface area contributed by atoms with Gasteiger partial charge in [0.1, 0.15) is 0 Å². The van der Waals surface area contributed by atoms with Crippen molar-refractivity contribution in [2.24, 2.45) is 17.1 Å². The molecular formula is C14H29N3O. The summed E-state index contributed by atoms with van der Waals surface area (Å²) < 4.78 is 0. The van der Waals surface area contributed by atoms with Crippen LogP contribution in [0.2, 0.25) is 0 Å². The molecule has 18 heavy (non-hydrogen) atoms. The number of carbonyl (C=O) groups is 1. The van der Waals surface area contributed by atoms with Crippen molar-refractivity contribution in [3.63, 3.8) is 0 Å². The van der Waals surface area contributed by atoms with Gasteiger partial charge in [0, 0.05) is 13.1 Å². The minimum atomic E-state index is -0.383. The number of carbonyl (C=O) groups excluding carboxylic acids is 1. The molecule has 0 aliphatic carbocycles. The first-order chi connectivity index (χ1) is 8.36. The maximum atomic E-state index is 12.3. The first-order valence-corrected chi connectivity index (χ1v) is 7.05. The van der Waals surface area contributed by atoms with Crippen molar-refractivity contribution in [2.75, 3.05) is 26.7 Å². The predicted molar refractivity (Wildman–Crippen MR) is 75.3 cm³/mol. The van der Waals surface area contributed by atoms with Crippen LogP contribution in [0.3, 0.4) is 0 Å². The fraction of sp³-hybridized carbons (Fsp3) is 0.929. The van der Waals surface area contributed by atoms with Gasteiger partial charge >= 0.3 is 0 Å². The molecule has 4 nitrogen and oxygen atoms in total. The van der Waals surface area contributed by atoms with Crippen molar-refractivity contribution in [1.29, 1.82) is 0 Å². The number of hydrogen-bond acceptors (Lipinski definition) is 3. The molecule has 0 radical (unpaired) electrons. The molecule has 1 aliphatic heterocycles. The zero-order valence-electron chi connectivity index (χ0n) is 12.3.